The molecule has 0 aliphatic rings. The number of halogens is 3. The fraction of sp³-hybridized carbons (Fsp3) is 0.0588. The number of hydrogen-bond acceptors (Lipinski definition) is 1. The Hall–Kier alpha value is -1.29. The van der Waals surface area contributed by atoms with Gasteiger partial charge in [0.2, 0.25) is 0 Å². The van der Waals surface area contributed by atoms with Crippen molar-refractivity contribution in [3.8, 4) is 0 Å². The number of benzene rings is 2. The highest BCUT2D eigenvalue weighted by Gasteiger charge is 2.19. The van der Waals surface area contributed by atoms with Gasteiger partial charge in [-0.25, -0.2) is 0 Å². The molecule has 2 aromatic carbocycles. The average molecular weight is 396 g/mol. The molecular formula is C17H11BrCl2NO. The van der Waals surface area contributed by atoms with E-state index in [1.807, 2.05) is 24.3 Å². The first-order chi connectivity index (χ1) is 10.5. The summed E-state index contributed by atoms with van der Waals surface area (Å²) < 4.78 is 2.30. The van der Waals surface area contributed by atoms with Crippen LogP contribution in [0.15, 0.2) is 47.1 Å². The van der Waals surface area contributed by atoms with Crippen LogP contribution < -0.4 is 0 Å². The minimum absolute atomic E-state index is 0.151. The number of carbonyl (C=O) groups is 1. The van der Waals surface area contributed by atoms with E-state index in [2.05, 4.69) is 22.9 Å². The Balaban J connectivity index is 2.28. The summed E-state index contributed by atoms with van der Waals surface area (Å²) in [5.41, 5.74) is 2.16. The fourth-order valence-corrected chi connectivity index (χ4v) is 3.51. The molecule has 0 N–H and O–H groups in total. The van der Waals surface area contributed by atoms with Crippen molar-refractivity contribution < 1.29 is 4.79 Å². The van der Waals surface area contributed by atoms with E-state index in [-0.39, 0.29) is 5.91 Å². The lowest BCUT2D eigenvalue weighted by Gasteiger charge is -2.07. The van der Waals surface area contributed by atoms with Gasteiger partial charge in [0.15, 0.2) is 0 Å². The summed E-state index contributed by atoms with van der Waals surface area (Å²) in [6, 6.07) is 10.7. The van der Waals surface area contributed by atoms with Crippen molar-refractivity contribution in [1.29, 1.82) is 0 Å². The molecule has 0 atom stereocenters. The molecule has 0 saturated heterocycles. The van der Waals surface area contributed by atoms with Crippen molar-refractivity contribution >= 4 is 55.9 Å². The van der Waals surface area contributed by atoms with Crippen LogP contribution in [0.3, 0.4) is 0 Å². The average Bonchev–Trinajstić information content (AvgIpc) is 2.86. The number of hydrogen-bond donors (Lipinski definition) is 0. The molecule has 0 saturated carbocycles. The Morgan fingerprint density at radius 1 is 1.23 bits per heavy atom. The first-order valence-electron chi connectivity index (χ1n) is 6.60. The molecule has 0 fully saturated rings. The van der Waals surface area contributed by atoms with E-state index in [4.69, 9.17) is 23.2 Å². The van der Waals surface area contributed by atoms with E-state index in [9.17, 15) is 4.79 Å². The molecule has 0 spiro atoms. The Kier molecular flexibility index (Phi) is 4.31. The second-order valence-corrected chi connectivity index (χ2v) is 6.54. The molecule has 0 bridgehead atoms. The molecule has 1 radical (unpaired) electrons. The summed E-state index contributed by atoms with van der Waals surface area (Å²) >= 11 is 15.8. The first-order valence-corrected chi connectivity index (χ1v) is 8.15. The van der Waals surface area contributed by atoms with Gasteiger partial charge < -0.3 is 0 Å². The van der Waals surface area contributed by atoms with Crippen molar-refractivity contribution in [1.82, 2.24) is 4.57 Å². The van der Waals surface area contributed by atoms with Crippen molar-refractivity contribution in [2.24, 2.45) is 0 Å². The van der Waals surface area contributed by atoms with Crippen molar-refractivity contribution in [3.63, 3.8) is 0 Å². The van der Waals surface area contributed by atoms with Crippen LogP contribution in [0.5, 0.6) is 0 Å². The third-order valence-electron chi connectivity index (χ3n) is 3.49. The molecule has 0 aliphatic carbocycles. The Morgan fingerprint density at radius 3 is 2.64 bits per heavy atom. The minimum atomic E-state index is -0.151. The predicted octanol–water partition coefficient (Wildman–Crippen LogP) is 5.78. The van der Waals surface area contributed by atoms with Gasteiger partial charge in [-0.2, -0.15) is 0 Å². The van der Waals surface area contributed by atoms with Crippen LogP contribution in [0.4, 0.5) is 0 Å². The maximum absolute atomic E-state index is 12.9. The Bertz CT molecular complexity index is 886. The SMILES string of the molecule is [CH2]Cc1cn(C(=O)c2ccccc2Br)c2c(Cl)cc(Cl)cc12. The molecule has 3 aromatic rings. The largest absolute Gasteiger partial charge is 0.281 e. The summed E-state index contributed by atoms with van der Waals surface area (Å²) in [6.45, 7) is 3.91. The number of nitrogens with zero attached hydrogens (tertiary/aromatic N) is 1. The molecule has 0 unspecified atom stereocenters. The molecule has 2 nitrogen and oxygen atoms in total. The predicted molar refractivity (Wildman–Crippen MR) is 94.9 cm³/mol. The fourth-order valence-electron chi connectivity index (χ4n) is 2.47. The van der Waals surface area contributed by atoms with Crippen LogP contribution in [0, 0.1) is 6.92 Å². The maximum atomic E-state index is 12.9. The van der Waals surface area contributed by atoms with Gasteiger partial charge >= 0.3 is 0 Å². The Morgan fingerprint density at radius 2 is 1.95 bits per heavy atom. The third-order valence-corrected chi connectivity index (χ3v) is 4.69. The minimum Gasteiger partial charge on any atom is -0.281 e. The maximum Gasteiger partial charge on any atom is 0.263 e. The van der Waals surface area contributed by atoms with E-state index in [1.54, 1.807) is 22.9 Å². The molecular weight excluding hydrogens is 385 g/mol. The third kappa shape index (κ3) is 2.58. The van der Waals surface area contributed by atoms with Crippen molar-refractivity contribution in [2.75, 3.05) is 0 Å². The van der Waals surface area contributed by atoms with E-state index in [0.29, 0.717) is 27.5 Å². The summed E-state index contributed by atoms with van der Waals surface area (Å²) in [7, 11) is 0. The smallest absolute Gasteiger partial charge is 0.263 e. The van der Waals surface area contributed by atoms with Crippen molar-refractivity contribution in [3.05, 3.63) is 75.2 Å². The number of rotatable bonds is 2. The molecule has 1 heterocycles. The second-order valence-electron chi connectivity index (χ2n) is 4.84. The van der Waals surface area contributed by atoms with Crippen LogP contribution in [-0.2, 0) is 6.42 Å². The van der Waals surface area contributed by atoms with Gasteiger partial charge in [-0.05, 0) is 59.1 Å². The molecule has 0 aliphatic heterocycles. The highest BCUT2D eigenvalue weighted by Crippen LogP contribution is 2.33. The zero-order chi connectivity index (χ0) is 15.9. The number of aromatic nitrogens is 1. The number of fused-ring (bicyclic) bond motifs is 1. The monoisotopic (exact) mass is 394 g/mol. The Labute approximate surface area is 146 Å². The lowest BCUT2D eigenvalue weighted by Crippen LogP contribution is -2.11. The van der Waals surface area contributed by atoms with E-state index >= 15 is 0 Å². The van der Waals surface area contributed by atoms with E-state index < -0.39 is 0 Å². The topological polar surface area (TPSA) is 22.0 Å². The van der Waals surface area contributed by atoms with Crippen LogP contribution in [0.2, 0.25) is 10.0 Å². The van der Waals surface area contributed by atoms with Gasteiger partial charge in [-0.15, -0.1) is 0 Å². The highest BCUT2D eigenvalue weighted by atomic mass is 79.9. The molecule has 111 valence electrons. The van der Waals surface area contributed by atoms with Crippen LogP contribution in [0.1, 0.15) is 15.9 Å². The molecule has 0 amide bonds. The first kappa shape index (κ1) is 15.6. The van der Waals surface area contributed by atoms with Crippen molar-refractivity contribution in [2.45, 2.75) is 6.42 Å². The normalized spacial score (nSPS) is 11.1. The highest BCUT2D eigenvalue weighted by molar-refractivity contribution is 9.10. The van der Waals surface area contributed by atoms with Gasteiger partial charge in [0.1, 0.15) is 0 Å². The summed E-state index contributed by atoms with van der Waals surface area (Å²) in [5.74, 6) is -0.151. The number of carbonyl (C=O) groups excluding carboxylic acids is 1. The molecule has 3 rings (SSSR count). The second kappa shape index (κ2) is 6.07. The van der Waals surface area contributed by atoms with Crippen LogP contribution in [-0.4, -0.2) is 10.5 Å². The van der Waals surface area contributed by atoms with Gasteiger partial charge in [0, 0.05) is 21.1 Å². The van der Waals surface area contributed by atoms with Gasteiger partial charge in [0.05, 0.1) is 16.1 Å². The molecule has 5 heteroatoms. The van der Waals surface area contributed by atoms with Gasteiger partial charge in [0.25, 0.3) is 5.91 Å². The van der Waals surface area contributed by atoms with Crippen LogP contribution in [0.25, 0.3) is 10.9 Å². The summed E-state index contributed by atoms with van der Waals surface area (Å²) in [5, 5.41) is 1.84. The van der Waals surface area contributed by atoms with E-state index in [0.717, 1.165) is 15.4 Å². The molecule has 22 heavy (non-hydrogen) atoms. The molecule has 1 aromatic heterocycles. The summed E-state index contributed by atoms with van der Waals surface area (Å²) in [6.07, 6.45) is 2.32. The summed E-state index contributed by atoms with van der Waals surface area (Å²) in [4.78, 5) is 12.9. The quantitative estimate of drug-likeness (QED) is 0.539. The standard InChI is InChI=1S/C17H11BrCl2NO/c1-2-10-9-21(16-13(10)7-11(19)8-15(16)20)17(22)12-5-3-4-6-14(12)18/h3-9H,1-2H2. The lowest BCUT2D eigenvalue weighted by molar-refractivity contribution is 0.0964. The van der Waals surface area contributed by atoms with Crippen LogP contribution >= 0.6 is 39.1 Å². The van der Waals surface area contributed by atoms with Gasteiger partial charge in [-0.1, -0.05) is 35.3 Å². The lowest BCUT2D eigenvalue weighted by atomic mass is 10.1. The zero-order valence-electron chi connectivity index (χ0n) is 11.4. The van der Waals surface area contributed by atoms with E-state index in [1.165, 1.54) is 0 Å². The zero-order valence-corrected chi connectivity index (χ0v) is 14.5. The van der Waals surface area contributed by atoms with Gasteiger partial charge in [-0.3, -0.25) is 9.36 Å².